The molecule has 12 heteroatoms. The fourth-order valence-corrected chi connectivity index (χ4v) is 6.21. The minimum atomic E-state index is -4.49. The number of amides is 1. The molecule has 1 aromatic carbocycles. The number of nitrogens with one attached hydrogen (secondary N) is 2. The number of benzene rings is 1. The number of pyridine rings is 1. The molecule has 8 nitrogen and oxygen atoms in total. The van der Waals surface area contributed by atoms with Crippen LogP contribution < -0.4 is 11.1 Å². The minimum Gasteiger partial charge on any atom is -0.386 e. The number of anilines is 1. The Bertz CT molecular complexity index is 1440. The largest absolute Gasteiger partial charge is 0.386 e. The highest BCUT2D eigenvalue weighted by Gasteiger charge is 2.61. The van der Waals surface area contributed by atoms with E-state index in [0.717, 1.165) is 6.07 Å². The maximum atomic E-state index is 15.2. The Morgan fingerprint density at radius 1 is 1.32 bits per heavy atom. The van der Waals surface area contributed by atoms with Crippen LogP contribution in [-0.2, 0) is 9.84 Å². The predicted molar refractivity (Wildman–Crippen MR) is 125 cm³/mol. The fourth-order valence-electron chi connectivity index (χ4n) is 3.96. The number of amidine groups is 1. The number of fused-ring (bicyclic) bond motifs is 1. The molecule has 0 saturated heterocycles. The van der Waals surface area contributed by atoms with Gasteiger partial charge < -0.3 is 15.5 Å². The number of carbonyl (C=O) groups excluding carboxylic acids is 1. The quantitative estimate of drug-likeness (QED) is 0.327. The van der Waals surface area contributed by atoms with Crippen molar-refractivity contribution in [3.63, 3.8) is 0 Å². The third kappa shape index (κ3) is 3.82. The van der Waals surface area contributed by atoms with Gasteiger partial charge in [-0.1, -0.05) is 18.5 Å². The van der Waals surface area contributed by atoms with Crippen LogP contribution in [0.1, 0.15) is 47.4 Å². The highest BCUT2D eigenvalue weighted by Crippen LogP contribution is 2.48. The van der Waals surface area contributed by atoms with Gasteiger partial charge in [-0.15, -0.1) is 0 Å². The molecule has 180 valence electrons. The molecule has 0 unspecified atom stereocenters. The summed E-state index contributed by atoms with van der Waals surface area (Å²) < 4.78 is 55.2. The topological polar surface area (TPSA) is 130 Å². The monoisotopic (exact) mass is 509 g/mol. The number of imidazole rings is 1. The standard InChI is InChI=1S/C22H22ClF2N5O3S/c1-11(19(25)34(32,33)22(7-8-22)21(26)27)15-9-14(4-5-16(15)24)28-20(31)18-12(2)30-10-13(23)3-6-17(30)29-18/h3-6,9-11,19H,7-8H2,1-2H3,(H3,26,27)(H,28,31)/t11-,19+/m0/s1. The summed E-state index contributed by atoms with van der Waals surface area (Å²) in [6, 6.07) is 6.78. The fraction of sp³-hybridized carbons (Fsp3) is 0.318. The van der Waals surface area contributed by atoms with E-state index in [1.54, 1.807) is 29.7 Å². The van der Waals surface area contributed by atoms with E-state index in [2.05, 4.69) is 10.3 Å². The molecule has 0 radical (unpaired) electrons. The number of hydrogen-bond donors (Lipinski definition) is 3. The normalized spacial score (nSPS) is 16.7. The Hall–Kier alpha value is -3.05. The zero-order chi connectivity index (χ0) is 25.0. The molecule has 2 heterocycles. The highest BCUT2D eigenvalue weighted by atomic mass is 35.5. The lowest BCUT2D eigenvalue weighted by molar-refractivity contribution is 0.102. The summed E-state index contributed by atoms with van der Waals surface area (Å²) in [4.78, 5) is 17.1. The Morgan fingerprint density at radius 2 is 2.00 bits per heavy atom. The molecule has 0 spiro atoms. The SMILES string of the molecule is Cc1c(C(=O)Nc2ccc(F)c([C@H](C)[C@H](F)S(=O)(=O)C3(C(=N)N)CC3)c2)nc2ccc(Cl)cn12. The number of rotatable bonds is 7. The summed E-state index contributed by atoms with van der Waals surface area (Å²) in [5, 5.41) is 10.6. The van der Waals surface area contributed by atoms with E-state index in [9.17, 15) is 17.6 Å². The van der Waals surface area contributed by atoms with Crippen molar-refractivity contribution in [1.29, 1.82) is 5.41 Å². The molecule has 4 N–H and O–H groups in total. The summed E-state index contributed by atoms with van der Waals surface area (Å²) in [5.41, 5.74) is 3.98. The van der Waals surface area contributed by atoms with Crippen molar-refractivity contribution in [2.24, 2.45) is 5.73 Å². The molecule has 3 aromatic rings. The first-order chi connectivity index (χ1) is 15.9. The van der Waals surface area contributed by atoms with Gasteiger partial charge in [-0.3, -0.25) is 10.2 Å². The van der Waals surface area contributed by atoms with E-state index in [4.69, 9.17) is 22.7 Å². The first kappa shape index (κ1) is 24.1. The van der Waals surface area contributed by atoms with Gasteiger partial charge >= 0.3 is 0 Å². The van der Waals surface area contributed by atoms with Gasteiger partial charge in [-0.05, 0) is 55.7 Å². The highest BCUT2D eigenvalue weighted by molar-refractivity contribution is 7.94. The summed E-state index contributed by atoms with van der Waals surface area (Å²) >= 11 is 6.00. The number of halogens is 3. The van der Waals surface area contributed by atoms with Gasteiger partial charge in [-0.25, -0.2) is 22.2 Å². The van der Waals surface area contributed by atoms with Crippen molar-refractivity contribution in [2.45, 2.75) is 42.9 Å². The van der Waals surface area contributed by atoms with Gasteiger partial charge in [0.2, 0.25) is 5.50 Å². The van der Waals surface area contributed by atoms with E-state index >= 15 is 4.39 Å². The molecule has 2 aromatic heterocycles. The Kier molecular flexibility index (Phi) is 5.89. The molecule has 0 bridgehead atoms. The lowest BCUT2D eigenvalue weighted by atomic mass is 10.0. The second-order valence-corrected chi connectivity index (χ2v) is 11.2. The zero-order valence-corrected chi connectivity index (χ0v) is 19.8. The molecule has 1 fully saturated rings. The smallest absolute Gasteiger partial charge is 0.276 e. The number of carbonyl (C=O) groups is 1. The first-order valence-electron chi connectivity index (χ1n) is 10.4. The van der Waals surface area contributed by atoms with Crippen LogP contribution >= 0.6 is 11.6 Å². The van der Waals surface area contributed by atoms with Crippen molar-refractivity contribution < 1.29 is 22.0 Å². The van der Waals surface area contributed by atoms with Gasteiger partial charge in [0.25, 0.3) is 5.91 Å². The van der Waals surface area contributed by atoms with Gasteiger partial charge in [0, 0.05) is 17.8 Å². The number of nitrogens with two attached hydrogens (primary N) is 1. The van der Waals surface area contributed by atoms with Crippen LogP contribution in [0.2, 0.25) is 5.02 Å². The van der Waals surface area contributed by atoms with Gasteiger partial charge in [-0.2, -0.15) is 0 Å². The second-order valence-electron chi connectivity index (χ2n) is 8.40. The Morgan fingerprint density at radius 3 is 2.62 bits per heavy atom. The molecular formula is C22H22ClF2N5O3S. The Labute approximate surface area is 199 Å². The minimum absolute atomic E-state index is 0.0555. The van der Waals surface area contributed by atoms with Gasteiger partial charge in [0.15, 0.2) is 9.84 Å². The third-order valence-electron chi connectivity index (χ3n) is 6.21. The summed E-state index contributed by atoms with van der Waals surface area (Å²) in [7, 11) is -4.49. The number of aromatic nitrogens is 2. The van der Waals surface area contributed by atoms with E-state index in [0.29, 0.717) is 16.4 Å². The van der Waals surface area contributed by atoms with Crippen molar-refractivity contribution in [2.75, 3.05) is 5.32 Å². The Balaban J connectivity index is 1.61. The van der Waals surface area contributed by atoms with Crippen molar-refractivity contribution >= 4 is 44.5 Å². The second kappa shape index (κ2) is 8.31. The van der Waals surface area contributed by atoms with Crippen molar-refractivity contribution in [3.05, 3.63) is 64.3 Å². The van der Waals surface area contributed by atoms with Crippen molar-refractivity contribution in [1.82, 2.24) is 9.38 Å². The van der Waals surface area contributed by atoms with Crippen LogP contribution in [0, 0.1) is 18.2 Å². The van der Waals surface area contributed by atoms with Gasteiger partial charge in [0.05, 0.1) is 10.7 Å². The summed E-state index contributed by atoms with van der Waals surface area (Å²) in [5.74, 6) is -3.43. The molecule has 1 saturated carbocycles. The van der Waals surface area contributed by atoms with E-state index in [1.807, 2.05) is 0 Å². The lowest BCUT2D eigenvalue weighted by Crippen LogP contribution is -2.43. The van der Waals surface area contributed by atoms with Crippen LogP contribution in [0.3, 0.4) is 0 Å². The van der Waals surface area contributed by atoms with Crippen LogP contribution in [0.5, 0.6) is 0 Å². The molecule has 1 aliphatic carbocycles. The maximum absolute atomic E-state index is 15.2. The van der Waals surface area contributed by atoms with Crippen molar-refractivity contribution in [3.8, 4) is 0 Å². The van der Waals surface area contributed by atoms with E-state index < -0.39 is 43.6 Å². The van der Waals surface area contributed by atoms with E-state index in [1.165, 1.54) is 19.1 Å². The molecule has 0 aliphatic heterocycles. The van der Waals surface area contributed by atoms with Crippen LogP contribution in [0.25, 0.3) is 5.65 Å². The van der Waals surface area contributed by atoms with Crippen LogP contribution in [0.15, 0.2) is 36.5 Å². The predicted octanol–water partition coefficient (Wildman–Crippen LogP) is 3.97. The third-order valence-corrected chi connectivity index (χ3v) is 9.15. The van der Waals surface area contributed by atoms with Crippen LogP contribution in [-0.4, -0.2) is 39.8 Å². The molecule has 2 atom stereocenters. The average Bonchev–Trinajstić information content (AvgIpc) is 3.55. The van der Waals surface area contributed by atoms with Crippen LogP contribution in [0.4, 0.5) is 14.5 Å². The summed E-state index contributed by atoms with van der Waals surface area (Å²) in [6.45, 7) is 2.92. The van der Waals surface area contributed by atoms with E-state index in [-0.39, 0.29) is 29.8 Å². The zero-order valence-electron chi connectivity index (χ0n) is 18.3. The first-order valence-corrected chi connectivity index (χ1v) is 12.3. The van der Waals surface area contributed by atoms with Gasteiger partial charge in [0.1, 0.15) is 27.7 Å². The maximum Gasteiger partial charge on any atom is 0.276 e. The molecule has 1 aliphatic rings. The number of nitrogens with zero attached hydrogens (tertiary/aromatic N) is 2. The average molecular weight is 510 g/mol. The molecule has 34 heavy (non-hydrogen) atoms. The molecule has 4 rings (SSSR count). The lowest BCUT2D eigenvalue weighted by Gasteiger charge is -2.23. The number of sulfone groups is 1. The number of alkyl halides is 1. The molecular weight excluding hydrogens is 488 g/mol. The molecule has 1 amide bonds. The number of hydrogen-bond acceptors (Lipinski definition) is 5. The number of aryl methyl sites for hydroxylation is 1. The summed E-state index contributed by atoms with van der Waals surface area (Å²) in [6.07, 6.45) is 1.73.